The molecule has 4 heteroatoms. The van der Waals surface area contributed by atoms with E-state index in [9.17, 15) is 9.18 Å². The zero-order chi connectivity index (χ0) is 9.23. The molecule has 12 heavy (non-hydrogen) atoms. The van der Waals surface area contributed by atoms with Gasteiger partial charge in [0.05, 0.1) is 12.4 Å². The van der Waals surface area contributed by atoms with Gasteiger partial charge in [-0.05, 0) is 18.6 Å². The van der Waals surface area contributed by atoms with E-state index in [1.54, 1.807) is 0 Å². The predicted molar refractivity (Wildman–Crippen MR) is 49.4 cm³/mol. The maximum atomic E-state index is 11.6. The lowest BCUT2D eigenvalue weighted by Gasteiger charge is -1.97. The molecule has 0 bridgehead atoms. The van der Waals surface area contributed by atoms with Gasteiger partial charge in [0.1, 0.15) is 0 Å². The second-order valence-corrected chi connectivity index (χ2v) is 3.65. The summed E-state index contributed by atoms with van der Waals surface area (Å²) in [7, 11) is 0. The molecule has 2 nitrogen and oxygen atoms in total. The zero-order valence-corrected chi connectivity index (χ0v) is 7.91. The molecule has 0 rings (SSSR count). The van der Waals surface area contributed by atoms with Crippen LogP contribution in [0.3, 0.4) is 0 Å². The molecule has 0 heterocycles. The number of rotatable bonds is 8. The van der Waals surface area contributed by atoms with Crippen LogP contribution in [-0.4, -0.2) is 29.3 Å². The van der Waals surface area contributed by atoms with Crippen LogP contribution in [0.15, 0.2) is 0 Å². The quantitative estimate of drug-likeness (QED) is 0.602. The Morgan fingerprint density at radius 3 is 2.50 bits per heavy atom. The number of unbranched alkanes of at least 4 members (excludes halogenated alkanes) is 3. The van der Waals surface area contributed by atoms with Gasteiger partial charge in [-0.3, -0.25) is 9.18 Å². The van der Waals surface area contributed by atoms with Crippen LogP contribution in [0.4, 0.5) is 4.39 Å². The smallest absolute Gasteiger partial charge is 0.313 e. The van der Waals surface area contributed by atoms with E-state index in [1.165, 1.54) is 11.8 Å². The molecule has 0 fully saturated rings. The number of hydrogen-bond acceptors (Lipinski definition) is 2. The first-order valence-corrected chi connectivity index (χ1v) is 5.28. The van der Waals surface area contributed by atoms with E-state index in [2.05, 4.69) is 0 Å². The van der Waals surface area contributed by atoms with Crippen molar-refractivity contribution in [3.63, 3.8) is 0 Å². The minimum atomic E-state index is -0.760. The summed E-state index contributed by atoms with van der Waals surface area (Å²) >= 11 is 1.43. The van der Waals surface area contributed by atoms with E-state index in [0.717, 1.165) is 25.0 Å². The van der Waals surface area contributed by atoms with E-state index < -0.39 is 5.97 Å². The third-order valence-electron chi connectivity index (χ3n) is 1.40. The highest BCUT2D eigenvalue weighted by molar-refractivity contribution is 7.99. The Labute approximate surface area is 76.5 Å². The highest BCUT2D eigenvalue weighted by atomic mass is 32.2. The lowest BCUT2D eigenvalue weighted by molar-refractivity contribution is -0.133. The Balaban J connectivity index is 2.86. The molecule has 0 aliphatic heterocycles. The normalized spacial score (nSPS) is 10.1. The van der Waals surface area contributed by atoms with Crippen LogP contribution in [0.25, 0.3) is 0 Å². The van der Waals surface area contributed by atoms with Gasteiger partial charge in [0.25, 0.3) is 0 Å². The summed E-state index contributed by atoms with van der Waals surface area (Å²) in [6.45, 7) is -0.234. The Bertz CT molecular complexity index is 120. The molecule has 0 saturated heterocycles. The van der Waals surface area contributed by atoms with E-state index in [0.29, 0.717) is 6.42 Å². The van der Waals surface area contributed by atoms with Crippen molar-refractivity contribution < 1.29 is 14.3 Å². The summed E-state index contributed by atoms with van der Waals surface area (Å²) in [6.07, 6.45) is 3.57. The van der Waals surface area contributed by atoms with Gasteiger partial charge >= 0.3 is 5.97 Å². The van der Waals surface area contributed by atoms with E-state index in [-0.39, 0.29) is 12.4 Å². The lowest BCUT2D eigenvalue weighted by Crippen LogP contribution is -1.98. The topological polar surface area (TPSA) is 37.3 Å². The van der Waals surface area contributed by atoms with Gasteiger partial charge in [-0.25, -0.2) is 0 Å². The lowest BCUT2D eigenvalue weighted by atomic mass is 10.2. The number of alkyl halides is 1. The number of thioether (sulfide) groups is 1. The van der Waals surface area contributed by atoms with Crippen LogP contribution in [-0.2, 0) is 4.79 Å². The molecule has 0 aliphatic rings. The number of carbonyl (C=O) groups is 1. The molecule has 0 atom stereocenters. The van der Waals surface area contributed by atoms with Crippen molar-refractivity contribution in [2.75, 3.05) is 18.2 Å². The monoisotopic (exact) mass is 194 g/mol. The predicted octanol–water partition coefficient (Wildman–Crippen LogP) is 2.33. The number of carboxylic acids is 1. The van der Waals surface area contributed by atoms with Crippen molar-refractivity contribution in [2.45, 2.75) is 25.7 Å². The molecule has 0 aromatic carbocycles. The molecule has 0 spiro atoms. The highest BCUT2D eigenvalue weighted by Gasteiger charge is 1.96. The second kappa shape index (κ2) is 8.84. The van der Waals surface area contributed by atoms with Gasteiger partial charge in [0, 0.05) is 0 Å². The van der Waals surface area contributed by atoms with Crippen molar-refractivity contribution >= 4 is 17.7 Å². The standard InChI is InChI=1S/C8H15FO2S/c9-5-3-1-2-4-6-12-7-8(10)11/h1-7H2,(H,10,11). The first-order valence-electron chi connectivity index (χ1n) is 4.13. The Morgan fingerprint density at radius 1 is 1.25 bits per heavy atom. The summed E-state index contributed by atoms with van der Waals surface area (Å²) in [5.74, 6) is 0.297. The van der Waals surface area contributed by atoms with Crippen LogP contribution in [0.2, 0.25) is 0 Å². The van der Waals surface area contributed by atoms with Crippen LogP contribution in [0, 0.1) is 0 Å². The average Bonchev–Trinajstić information content (AvgIpc) is 2.02. The Hall–Kier alpha value is -0.250. The van der Waals surface area contributed by atoms with Crippen LogP contribution >= 0.6 is 11.8 Å². The second-order valence-electron chi connectivity index (χ2n) is 2.55. The molecule has 0 aliphatic carbocycles. The Morgan fingerprint density at radius 2 is 1.92 bits per heavy atom. The molecular formula is C8H15FO2S. The fraction of sp³-hybridized carbons (Fsp3) is 0.875. The molecule has 0 radical (unpaired) electrons. The molecule has 0 saturated carbocycles. The van der Waals surface area contributed by atoms with Gasteiger partial charge in [-0.15, -0.1) is 0 Å². The third-order valence-corrected chi connectivity index (χ3v) is 2.43. The maximum absolute atomic E-state index is 11.6. The van der Waals surface area contributed by atoms with Crippen molar-refractivity contribution in [1.82, 2.24) is 0 Å². The molecule has 0 amide bonds. The first kappa shape index (κ1) is 11.8. The van der Waals surface area contributed by atoms with Crippen molar-refractivity contribution in [3.8, 4) is 0 Å². The SMILES string of the molecule is O=C(O)CSCCCCCCF. The minimum absolute atomic E-state index is 0.184. The number of hydrogen-bond donors (Lipinski definition) is 1. The molecular weight excluding hydrogens is 179 g/mol. The van der Waals surface area contributed by atoms with Crippen molar-refractivity contribution in [2.24, 2.45) is 0 Å². The Kier molecular flexibility index (Phi) is 8.66. The van der Waals surface area contributed by atoms with E-state index in [1.807, 2.05) is 0 Å². The summed E-state index contributed by atoms with van der Waals surface area (Å²) in [5, 5.41) is 8.28. The third kappa shape index (κ3) is 9.75. The molecule has 0 aromatic rings. The van der Waals surface area contributed by atoms with Crippen molar-refractivity contribution in [1.29, 1.82) is 0 Å². The summed E-state index contributed by atoms with van der Waals surface area (Å²) in [4.78, 5) is 10.1. The van der Waals surface area contributed by atoms with Crippen LogP contribution in [0.1, 0.15) is 25.7 Å². The van der Waals surface area contributed by atoms with Crippen LogP contribution in [0.5, 0.6) is 0 Å². The van der Waals surface area contributed by atoms with Crippen LogP contribution < -0.4 is 0 Å². The van der Waals surface area contributed by atoms with Gasteiger partial charge in [-0.1, -0.05) is 12.8 Å². The number of aliphatic carboxylic acids is 1. The fourth-order valence-electron chi connectivity index (χ4n) is 0.812. The maximum Gasteiger partial charge on any atom is 0.313 e. The average molecular weight is 194 g/mol. The summed E-state index contributed by atoms with van der Waals surface area (Å²) in [5.41, 5.74) is 0. The van der Waals surface area contributed by atoms with Crippen molar-refractivity contribution in [3.05, 3.63) is 0 Å². The molecule has 1 N–H and O–H groups in total. The largest absolute Gasteiger partial charge is 0.481 e. The van der Waals surface area contributed by atoms with E-state index in [4.69, 9.17) is 5.11 Å². The fourth-order valence-corrected chi connectivity index (χ4v) is 1.54. The summed E-state index contributed by atoms with van der Waals surface area (Å²) < 4.78 is 11.6. The number of halogens is 1. The van der Waals surface area contributed by atoms with Gasteiger partial charge in [0.15, 0.2) is 0 Å². The zero-order valence-electron chi connectivity index (χ0n) is 7.09. The minimum Gasteiger partial charge on any atom is -0.481 e. The summed E-state index contributed by atoms with van der Waals surface area (Å²) in [6, 6.07) is 0. The molecule has 72 valence electrons. The molecule has 0 aromatic heterocycles. The van der Waals surface area contributed by atoms with Gasteiger partial charge in [0.2, 0.25) is 0 Å². The van der Waals surface area contributed by atoms with Gasteiger partial charge in [-0.2, -0.15) is 11.8 Å². The number of carboxylic acid groups (broad SMARTS) is 1. The first-order chi connectivity index (χ1) is 5.77. The van der Waals surface area contributed by atoms with Gasteiger partial charge < -0.3 is 5.11 Å². The molecule has 0 unspecified atom stereocenters. The highest BCUT2D eigenvalue weighted by Crippen LogP contribution is 2.07. The van der Waals surface area contributed by atoms with E-state index >= 15 is 0 Å².